The van der Waals surface area contributed by atoms with E-state index in [4.69, 9.17) is 0 Å². The van der Waals surface area contributed by atoms with E-state index in [1.165, 1.54) is 6.26 Å². The standard InChI is InChI=1S/C13H20N2O3S/c1-10-4-6-12(7-5-10)15-13(16)11(2)14-8-9-19(3,17)18/h4-7,11,14H,8-9H2,1-3H3,(H,15,16). The summed E-state index contributed by atoms with van der Waals surface area (Å²) in [5.41, 5.74) is 1.85. The van der Waals surface area contributed by atoms with Crippen LogP contribution in [0.1, 0.15) is 12.5 Å². The number of aryl methyl sites for hydroxylation is 1. The van der Waals surface area contributed by atoms with Crippen molar-refractivity contribution >= 4 is 21.4 Å². The topological polar surface area (TPSA) is 75.3 Å². The number of sulfone groups is 1. The largest absolute Gasteiger partial charge is 0.325 e. The number of hydrogen-bond acceptors (Lipinski definition) is 4. The Morgan fingerprint density at radius 1 is 1.26 bits per heavy atom. The number of rotatable bonds is 6. The van der Waals surface area contributed by atoms with Crippen LogP contribution in [-0.2, 0) is 14.6 Å². The lowest BCUT2D eigenvalue weighted by molar-refractivity contribution is -0.117. The summed E-state index contributed by atoms with van der Waals surface area (Å²) in [7, 11) is -3.00. The van der Waals surface area contributed by atoms with Gasteiger partial charge in [0.1, 0.15) is 9.84 Å². The van der Waals surface area contributed by atoms with E-state index < -0.39 is 15.9 Å². The molecule has 0 bridgehead atoms. The Hall–Kier alpha value is -1.40. The Balaban J connectivity index is 2.42. The second-order valence-electron chi connectivity index (χ2n) is 4.66. The lowest BCUT2D eigenvalue weighted by Gasteiger charge is -2.13. The van der Waals surface area contributed by atoms with Gasteiger partial charge in [-0.05, 0) is 26.0 Å². The van der Waals surface area contributed by atoms with Crippen molar-refractivity contribution in [3.8, 4) is 0 Å². The molecule has 1 rings (SSSR count). The highest BCUT2D eigenvalue weighted by molar-refractivity contribution is 7.90. The Bertz CT molecular complexity index is 523. The van der Waals surface area contributed by atoms with Gasteiger partial charge in [-0.25, -0.2) is 8.42 Å². The van der Waals surface area contributed by atoms with Gasteiger partial charge in [-0.15, -0.1) is 0 Å². The summed E-state index contributed by atoms with van der Waals surface area (Å²) in [6.07, 6.45) is 1.17. The van der Waals surface area contributed by atoms with Crippen molar-refractivity contribution in [3.63, 3.8) is 0 Å². The number of amides is 1. The van der Waals surface area contributed by atoms with Gasteiger partial charge in [-0.2, -0.15) is 0 Å². The van der Waals surface area contributed by atoms with Crippen molar-refractivity contribution in [2.45, 2.75) is 19.9 Å². The molecule has 2 N–H and O–H groups in total. The van der Waals surface area contributed by atoms with Crippen molar-refractivity contribution in [1.82, 2.24) is 5.32 Å². The highest BCUT2D eigenvalue weighted by atomic mass is 32.2. The Morgan fingerprint density at radius 3 is 2.37 bits per heavy atom. The molecule has 0 radical (unpaired) electrons. The molecular formula is C13H20N2O3S. The zero-order valence-corrected chi connectivity index (χ0v) is 12.3. The molecule has 0 aliphatic heterocycles. The van der Waals surface area contributed by atoms with E-state index in [0.29, 0.717) is 0 Å². The molecule has 19 heavy (non-hydrogen) atoms. The van der Waals surface area contributed by atoms with Crippen molar-refractivity contribution in [1.29, 1.82) is 0 Å². The fraction of sp³-hybridized carbons (Fsp3) is 0.462. The van der Waals surface area contributed by atoms with Gasteiger partial charge in [0.2, 0.25) is 5.91 Å². The van der Waals surface area contributed by atoms with Crippen molar-refractivity contribution in [2.24, 2.45) is 0 Å². The zero-order valence-electron chi connectivity index (χ0n) is 11.4. The highest BCUT2D eigenvalue weighted by Crippen LogP contribution is 2.08. The molecule has 1 amide bonds. The first-order chi connectivity index (χ1) is 8.78. The molecule has 5 nitrogen and oxygen atoms in total. The fourth-order valence-electron chi connectivity index (χ4n) is 1.44. The molecule has 0 heterocycles. The summed E-state index contributed by atoms with van der Waals surface area (Å²) < 4.78 is 21.9. The van der Waals surface area contributed by atoms with Gasteiger partial charge in [-0.1, -0.05) is 17.7 Å². The van der Waals surface area contributed by atoms with E-state index in [1.54, 1.807) is 6.92 Å². The highest BCUT2D eigenvalue weighted by Gasteiger charge is 2.13. The molecule has 0 aliphatic carbocycles. The molecule has 1 aromatic rings. The molecule has 106 valence electrons. The number of benzene rings is 1. The summed E-state index contributed by atoms with van der Waals surface area (Å²) in [5, 5.41) is 5.65. The molecule has 1 aromatic carbocycles. The minimum Gasteiger partial charge on any atom is -0.325 e. The lowest BCUT2D eigenvalue weighted by atomic mass is 10.2. The number of nitrogens with one attached hydrogen (secondary N) is 2. The summed E-state index contributed by atoms with van der Waals surface area (Å²) in [4.78, 5) is 11.8. The van der Waals surface area contributed by atoms with E-state index in [0.717, 1.165) is 11.3 Å². The maximum Gasteiger partial charge on any atom is 0.241 e. The van der Waals surface area contributed by atoms with Crippen LogP contribution in [0.5, 0.6) is 0 Å². The molecule has 1 unspecified atom stereocenters. The lowest BCUT2D eigenvalue weighted by Crippen LogP contribution is -2.40. The van der Waals surface area contributed by atoms with Crippen LogP contribution in [0.2, 0.25) is 0 Å². The maximum absolute atomic E-state index is 11.8. The summed E-state index contributed by atoms with van der Waals surface area (Å²) in [6, 6.07) is 7.05. The van der Waals surface area contributed by atoms with E-state index in [1.807, 2.05) is 31.2 Å². The predicted octanol–water partition coefficient (Wildman–Crippen LogP) is 0.956. The minimum atomic E-state index is -3.00. The quantitative estimate of drug-likeness (QED) is 0.816. The molecule has 6 heteroatoms. The predicted molar refractivity (Wildman–Crippen MR) is 77.0 cm³/mol. The van der Waals surface area contributed by atoms with Crippen LogP contribution in [0.4, 0.5) is 5.69 Å². The first-order valence-electron chi connectivity index (χ1n) is 6.06. The van der Waals surface area contributed by atoms with Crippen LogP contribution in [0.3, 0.4) is 0 Å². The van der Waals surface area contributed by atoms with E-state index in [-0.39, 0.29) is 18.2 Å². The van der Waals surface area contributed by atoms with Crippen molar-refractivity contribution < 1.29 is 13.2 Å². The van der Waals surface area contributed by atoms with Gasteiger partial charge in [-0.3, -0.25) is 4.79 Å². The van der Waals surface area contributed by atoms with E-state index >= 15 is 0 Å². The second-order valence-corrected chi connectivity index (χ2v) is 6.92. The summed E-state index contributed by atoms with van der Waals surface area (Å²) in [6.45, 7) is 3.94. The zero-order chi connectivity index (χ0) is 14.5. The Labute approximate surface area is 114 Å². The van der Waals surface area contributed by atoms with Crippen LogP contribution >= 0.6 is 0 Å². The molecular weight excluding hydrogens is 264 g/mol. The molecule has 1 atom stereocenters. The van der Waals surface area contributed by atoms with Gasteiger partial charge in [0.25, 0.3) is 0 Å². The molecule has 0 spiro atoms. The smallest absolute Gasteiger partial charge is 0.241 e. The van der Waals surface area contributed by atoms with Crippen LogP contribution in [0.25, 0.3) is 0 Å². The molecule has 0 fully saturated rings. The third-order valence-corrected chi connectivity index (χ3v) is 3.58. The van der Waals surface area contributed by atoms with Crippen LogP contribution < -0.4 is 10.6 Å². The summed E-state index contributed by atoms with van der Waals surface area (Å²) in [5.74, 6) is -0.160. The number of anilines is 1. The molecule has 0 saturated carbocycles. The van der Waals surface area contributed by atoms with Gasteiger partial charge in [0, 0.05) is 18.5 Å². The molecule has 0 aromatic heterocycles. The minimum absolute atomic E-state index is 0.0230. The SMILES string of the molecule is Cc1ccc(NC(=O)C(C)NCCS(C)(=O)=O)cc1. The fourth-order valence-corrected chi connectivity index (χ4v) is 1.93. The number of carbonyl (C=O) groups excluding carboxylic acids is 1. The Morgan fingerprint density at radius 2 is 1.84 bits per heavy atom. The van der Waals surface area contributed by atoms with Crippen molar-refractivity contribution in [2.75, 3.05) is 23.9 Å². The average Bonchev–Trinajstić information content (AvgIpc) is 2.30. The summed E-state index contributed by atoms with van der Waals surface area (Å²) >= 11 is 0. The Kier molecular flexibility index (Phi) is 5.50. The van der Waals surface area contributed by atoms with Crippen LogP contribution in [-0.4, -0.2) is 38.9 Å². The number of carbonyl (C=O) groups is 1. The third kappa shape index (κ3) is 6.35. The maximum atomic E-state index is 11.8. The molecule has 0 aliphatic rings. The van der Waals surface area contributed by atoms with Gasteiger partial charge >= 0.3 is 0 Å². The number of hydrogen-bond donors (Lipinski definition) is 2. The van der Waals surface area contributed by atoms with E-state index in [9.17, 15) is 13.2 Å². The van der Waals surface area contributed by atoms with Crippen LogP contribution in [0.15, 0.2) is 24.3 Å². The van der Waals surface area contributed by atoms with Gasteiger partial charge in [0.05, 0.1) is 11.8 Å². The van der Waals surface area contributed by atoms with Crippen molar-refractivity contribution in [3.05, 3.63) is 29.8 Å². The normalized spacial score (nSPS) is 13.0. The second kappa shape index (κ2) is 6.68. The molecule has 0 saturated heterocycles. The monoisotopic (exact) mass is 284 g/mol. The first kappa shape index (κ1) is 15.7. The van der Waals surface area contributed by atoms with Gasteiger partial charge in [0.15, 0.2) is 0 Å². The van der Waals surface area contributed by atoms with E-state index in [2.05, 4.69) is 10.6 Å². The third-order valence-electron chi connectivity index (χ3n) is 2.64. The average molecular weight is 284 g/mol. The van der Waals surface area contributed by atoms with Gasteiger partial charge < -0.3 is 10.6 Å². The first-order valence-corrected chi connectivity index (χ1v) is 8.12. The van der Waals surface area contributed by atoms with Crippen LogP contribution in [0, 0.1) is 6.92 Å².